The lowest BCUT2D eigenvalue weighted by molar-refractivity contribution is -0.145. The third-order valence-electron chi connectivity index (χ3n) is 5.78. The predicted molar refractivity (Wildman–Crippen MR) is 95.7 cm³/mol. The first kappa shape index (κ1) is 17.6. The van der Waals surface area contributed by atoms with Crippen LogP contribution in [0.25, 0.3) is 0 Å². The first-order chi connectivity index (χ1) is 12.7. The van der Waals surface area contributed by atoms with Crippen LogP contribution in [0.4, 0.5) is 5.95 Å². The number of ether oxygens (including phenoxy) is 1. The molecule has 3 aliphatic rings. The molecule has 1 aromatic heterocycles. The SMILES string of the molecule is O=C(CN1CCN(c2ncccn2)CC1)N1CCO[C@H]2C[C@H](CO)C[C@@H]21. The van der Waals surface area contributed by atoms with Gasteiger partial charge in [0.1, 0.15) is 0 Å². The molecule has 0 aromatic carbocycles. The fraction of sp³-hybridized carbons (Fsp3) is 0.722. The van der Waals surface area contributed by atoms with Crippen LogP contribution < -0.4 is 4.90 Å². The van der Waals surface area contributed by atoms with Crippen molar-refractivity contribution in [3.05, 3.63) is 18.5 Å². The van der Waals surface area contributed by atoms with Crippen molar-refractivity contribution in [1.82, 2.24) is 19.8 Å². The van der Waals surface area contributed by atoms with Crippen molar-refractivity contribution in [1.29, 1.82) is 0 Å². The van der Waals surface area contributed by atoms with Gasteiger partial charge in [-0.1, -0.05) is 0 Å². The van der Waals surface area contributed by atoms with E-state index in [0.29, 0.717) is 19.7 Å². The molecule has 142 valence electrons. The number of aliphatic hydroxyl groups excluding tert-OH is 1. The summed E-state index contributed by atoms with van der Waals surface area (Å²) in [6, 6.07) is 1.95. The highest BCUT2D eigenvalue weighted by atomic mass is 16.5. The Bertz CT molecular complexity index is 608. The van der Waals surface area contributed by atoms with Crippen molar-refractivity contribution in [3.8, 4) is 0 Å². The molecule has 3 atom stereocenters. The molecule has 8 heteroatoms. The highest BCUT2D eigenvalue weighted by Gasteiger charge is 2.42. The summed E-state index contributed by atoms with van der Waals surface area (Å²) in [6.07, 6.45) is 5.33. The normalized spacial score (nSPS) is 29.7. The zero-order valence-electron chi connectivity index (χ0n) is 15.0. The van der Waals surface area contributed by atoms with E-state index in [4.69, 9.17) is 4.74 Å². The Balaban J connectivity index is 1.30. The number of piperazine rings is 1. The fourth-order valence-corrected chi connectivity index (χ4v) is 4.35. The van der Waals surface area contributed by atoms with E-state index in [1.54, 1.807) is 12.4 Å². The molecule has 1 saturated carbocycles. The Kier molecular flexibility index (Phi) is 5.33. The molecule has 0 unspecified atom stereocenters. The van der Waals surface area contributed by atoms with Crippen LogP contribution in [0.15, 0.2) is 18.5 Å². The average molecular weight is 361 g/mol. The number of hydrogen-bond acceptors (Lipinski definition) is 7. The van der Waals surface area contributed by atoms with Gasteiger partial charge in [0.05, 0.1) is 25.3 Å². The fourth-order valence-electron chi connectivity index (χ4n) is 4.35. The van der Waals surface area contributed by atoms with Gasteiger partial charge >= 0.3 is 0 Å². The molecule has 1 aromatic rings. The smallest absolute Gasteiger partial charge is 0.237 e. The first-order valence-corrected chi connectivity index (χ1v) is 9.51. The highest BCUT2D eigenvalue weighted by molar-refractivity contribution is 5.79. The lowest BCUT2D eigenvalue weighted by atomic mass is 10.1. The van der Waals surface area contributed by atoms with Gasteiger partial charge in [-0.05, 0) is 24.8 Å². The second-order valence-electron chi connectivity index (χ2n) is 7.40. The zero-order valence-corrected chi connectivity index (χ0v) is 15.0. The Morgan fingerprint density at radius 1 is 1.15 bits per heavy atom. The molecular formula is C18H27N5O3. The van der Waals surface area contributed by atoms with E-state index in [9.17, 15) is 9.90 Å². The molecular weight excluding hydrogens is 334 g/mol. The van der Waals surface area contributed by atoms with Crippen LogP contribution in [-0.2, 0) is 9.53 Å². The summed E-state index contributed by atoms with van der Waals surface area (Å²) >= 11 is 0. The van der Waals surface area contributed by atoms with Crippen LogP contribution in [0.3, 0.4) is 0 Å². The number of nitrogens with zero attached hydrogens (tertiary/aromatic N) is 5. The number of carbonyl (C=O) groups is 1. The maximum atomic E-state index is 12.9. The Morgan fingerprint density at radius 3 is 2.65 bits per heavy atom. The first-order valence-electron chi connectivity index (χ1n) is 9.51. The standard InChI is InChI=1S/C18H27N5O3/c24-13-14-10-15-16(11-14)26-9-8-23(15)17(25)12-21-4-6-22(7-5-21)18-19-2-1-3-20-18/h1-3,14-16,24H,4-13H2/t14-,15+,16+/m1/s1. The van der Waals surface area contributed by atoms with Gasteiger partial charge in [-0.2, -0.15) is 0 Å². The van der Waals surface area contributed by atoms with E-state index in [-0.39, 0.29) is 30.6 Å². The van der Waals surface area contributed by atoms with E-state index >= 15 is 0 Å². The quantitative estimate of drug-likeness (QED) is 0.781. The van der Waals surface area contributed by atoms with Crippen molar-refractivity contribution in [3.63, 3.8) is 0 Å². The van der Waals surface area contributed by atoms with Crippen LogP contribution in [0.2, 0.25) is 0 Å². The number of aromatic nitrogens is 2. The lowest BCUT2D eigenvalue weighted by Gasteiger charge is -2.40. The summed E-state index contributed by atoms with van der Waals surface area (Å²) in [6.45, 7) is 5.24. The minimum Gasteiger partial charge on any atom is -0.396 e. The third-order valence-corrected chi connectivity index (χ3v) is 5.78. The Hall–Kier alpha value is -1.77. The summed E-state index contributed by atoms with van der Waals surface area (Å²) in [5.41, 5.74) is 0. The van der Waals surface area contributed by atoms with Crippen LogP contribution in [0, 0.1) is 5.92 Å². The topological polar surface area (TPSA) is 82.0 Å². The van der Waals surface area contributed by atoms with Gasteiger partial charge in [-0.15, -0.1) is 0 Å². The maximum Gasteiger partial charge on any atom is 0.237 e. The largest absolute Gasteiger partial charge is 0.396 e. The van der Waals surface area contributed by atoms with E-state index in [2.05, 4.69) is 19.8 Å². The third kappa shape index (κ3) is 3.67. The van der Waals surface area contributed by atoms with Crippen molar-refractivity contribution < 1.29 is 14.6 Å². The Morgan fingerprint density at radius 2 is 1.92 bits per heavy atom. The highest BCUT2D eigenvalue weighted by Crippen LogP contribution is 2.34. The van der Waals surface area contributed by atoms with Gasteiger partial charge in [0.25, 0.3) is 0 Å². The molecule has 2 aliphatic heterocycles. The average Bonchev–Trinajstić information content (AvgIpc) is 3.12. The molecule has 0 bridgehead atoms. The van der Waals surface area contributed by atoms with Crippen LogP contribution in [0.5, 0.6) is 0 Å². The molecule has 3 heterocycles. The van der Waals surface area contributed by atoms with Gasteiger partial charge < -0.3 is 19.6 Å². The number of fused-ring (bicyclic) bond motifs is 1. The number of amides is 1. The van der Waals surface area contributed by atoms with Crippen molar-refractivity contribution >= 4 is 11.9 Å². The molecule has 1 N–H and O–H groups in total. The molecule has 0 spiro atoms. The molecule has 1 aliphatic carbocycles. The molecule has 26 heavy (non-hydrogen) atoms. The number of rotatable bonds is 4. The molecule has 2 saturated heterocycles. The lowest BCUT2D eigenvalue weighted by Crippen LogP contribution is -2.55. The van der Waals surface area contributed by atoms with Gasteiger partial charge in [0, 0.05) is 51.7 Å². The molecule has 1 amide bonds. The molecule has 8 nitrogen and oxygen atoms in total. The van der Waals surface area contributed by atoms with Crippen molar-refractivity contribution in [2.24, 2.45) is 5.92 Å². The van der Waals surface area contributed by atoms with Crippen LogP contribution in [-0.4, -0.2) is 95.4 Å². The summed E-state index contributed by atoms with van der Waals surface area (Å²) in [7, 11) is 0. The number of carbonyl (C=O) groups excluding carboxylic acids is 1. The second-order valence-corrected chi connectivity index (χ2v) is 7.40. The number of hydrogen-bond donors (Lipinski definition) is 1. The Labute approximate surface area is 153 Å². The summed E-state index contributed by atoms with van der Waals surface area (Å²) < 4.78 is 5.83. The predicted octanol–water partition coefficient (Wildman–Crippen LogP) is -0.403. The second kappa shape index (κ2) is 7.85. The van der Waals surface area contributed by atoms with E-state index in [0.717, 1.165) is 45.0 Å². The van der Waals surface area contributed by atoms with Crippen LogP contribution in [0.1, 0.15) is 12.8 Å². The molecule has 4 rings (SSSR count). The van der Waals surface area contributed by atoms with Gasteiger partial charge in [0.15, 0.2) is 0 Å². The van der Waals surface area contributed by atoms with Gasteiger partial charge in [-0.25, -0.2) is 9.97 Å². The van der Waals surface area contributed by atoms with Crippen LogP contribution >= 0.6 is 0 Å². The van der Waals surface area contributed by atoms with Crippen molar-refractivity contribution in [2.45, 2.75) is 25.0 Å². The number of anilines is 1. The zero-order chi connectivity index (χ0) is 17.9. The van der Waals surface area contributed by atoms with E-state index < -0.39 is 0 Å². The van der Waals surface area contributed by atoms with E-state index in [1.807, 2.05) is 11.0 Å². The maximum absolute atomic E-state index is 12.9. The summed E-state index contributed by atoms with van der Waals surface area (Å²) in [4.78, 5) is 27.9. The van der Waals surface area contributed by atoms with Gasteiger partial charge in [-0.3, -0.25) is 9.69 Å². The molecule has 3 fully saturated rings. The minimum absolute atomic E-state index is 0.0944. The number of morpholine rings is 1. The summed E-state index contributed by atoms with van der Waals surface area (Å²) in [5.74, 6) is 1.20. The monoisotopic (exact) mass is 361 g/mol. The number of aliphatic hydroxyl groups is 1. The summed E-state index contributed by atoms with van der Waals surface area (Å²) in [5, 5.41) is 9.44. The minimum atomic E-state index is 0.0944. The van der Waals surface area contributed by atoms with Crippen molar-refractivity contribution in [2.75, 3.05) is 57.4 Å². The van der Waals surface area contributed by atoms with E-state index in [1.165, 1.54) is 0 Å². The van der Waals surface area contributed by atoms with Gasteiger partial charge in [0.2, 0.25) is 11.9 Å². The molecule has 0 radical (unpaired) electrons.